The van der Waals surface area contributed by atoms with Gasteiger partial charge in [-0.1, -0.05) is 71.0 Å². The van der Waals surface area contributed by atoms with E-state index in [9.17, 15) is 45.7 Å². The standard InChI is InChI=1S/C48H52N4O12S2/c1-7-28(3)30-15-20-40(38(24-30)48(5,6)8-2)63-22-12-11-21-49-47(56)37-27-41(35-13-9-10-14-36(35)45(37)54)64-33-18-16-32(17-19-33)51-52-44-42(66(60,61)62)25-31-23-34(65(57,58)59)26-39(50-29(4)53)43(31)46(44)55/h9-10,13-20,23-28,54-55H,7-8,11-12,21-22H2,1-6H3,(H,49,56)(H,50,53)(H,57,58,59)(H,60,61,62). The van der Waals surface area contributed by atoms with Crippen LogP contribution in [0.3, 0.4) is 0 Å². The number of benzene rings is 6. The highest BCUT2D eigenvalue weighted by Crippen LogP contribution is 2.46. The molecule has 6 N–H and O–H groups in total. The zero-order valence-electron chi connectivity index (χ0n) is 37.2. The van der Waals surface area contributed by atoms with Crippen LogP contribution < -0.4 is 20.1 Å². The molecule has 0 saturated carbocycles. The fourth-order valence-electron chi connectivity index (χ4n) is 7.23. The number of anilines is 1. The van der Waals surface area contributed by atoms with Crippen molar-refractivity contribution in [3.8, 4) is 28.7 Å². The molecule has 0 fully saturated rings. The van der Waals surface area contributed by atoms with Crippen molar-refractivity contribution in [2.45, 2.75) is 88.3 Å². The van der Waals surface area contributed by atoms with Crippen molar-refractivity contribution in [1.29, 1.82) is 0 Å². The quantitative estimate of drug-likeness (QED) is 0.0267. The summed E-state index contributed by atoms with van der Waals surface area (Å²) in [5.41, 5.74) is 1.49. The Hall–Kier alpha value is -6.60. The SMILES string of the molecule is CCC(C)c1ccc(OCCCCNC(=O)c2cc(Oc3ccc(N=Nc4c(S(=O)(=O)O)cc5cc(S(=O)(=O)O)cc(NC(C)=O)c5c4O)cc3)c3ccccc3c2O)c(C(C)(C)CC)c1. The predicted octanol–water partition coefficient (Wildman–Crippen LogP) is 10.9. The monoisotopic (exact) mass is 940 g/mol. The van der Waals surface area contributed by atoms with Crippen LogP contribution in [0.25, 0.3) is 21.5 Å². The molecule has 66 heavy (non-hydrogen) atoms. The minimum Gasteiger partial charge on any atom is -0.506 e. The molecule has 16 nitrogen and oxygen atoms in total. The van der Waals surface area contributed by atoms with E-state index in [2.05, 4.69) is 73.7 Å². The first kappa shape index (κ1) is 48.8. The van der Waals surface area contributed by atoms with Crippen molar-refractivity contribution in [2.24, 2.45) is 10.2 Å². The summed E-state index contributed by atoms with van der Waals surface area (Å²) in [6.07, 6.45) is 3.31. The second-order valence-corrected chi connectivity index (χ2v) is 19.3. The summed E-state index contributed by atoms with van der Waals surface area (Å²) in [5.74, 6) is -0.451. The predicted molar refractivity (Wildman–Crippen MR) is 251 cm³/mol. The number of phenolic OH excluding ortho intramolecular Hbond substituents is 2. The van der Waals surface area contributed by atoms with Gasteiger partial charge in [0.25, 0.3) is 26.1 Å². The molecule has 6 aromatic rings. The zero-order valence-corrected chi connectivity index (χ0v) is 38.9. The molecule has 0 aliphatic rings. The van der Waals surface area contributed by atoms with Gasteiger partial charge in [0.2, 0.25) is 5.91 Å². The van der Waals surface area contributed by atoms with Crippen molar-refractivity contribution in [3.05, 3.63) is 108 Å². The van der Waals surface area contributed by atoms with E-state index in [0.717, 1.165) is 43.7 Å². The molecule has 6 rings (SSSR count). The normalized spacial score (nSPS) is 12.7. The second kappa shape index (κ2) is 19.9. The number of azo groups is 1. The summed E-state index contributed by atoms with van der Waals surface area (Å²) in [6.45, 7) is 12.9. The summed E-state index contributed by atoms with van der Waals surface area (Å²) in [5, 5.41) is 36.0. The molecule has 18 heteroatoms. The van der Waals surface area contributed by atoms with Gasteiger partial charge in [-0.05, 0) is 103 Å². The van der Waals surface area contributed by atoms with Crippen molar-refractivity contribution < 1.29 is 55.2 Å². The molecule has 1 atom stereocenters. The summed E-state index contributed by atoms with van der Waals surface area (Å²) < 4.78 is 81.0. The maximum Gasteiger partial charge on any atom is 0.296 e. The average molecular weight is 941 g/mol. The van der Waals surface area contributed by atoms with Crippen molar-refractivity contribution in [2.75, 3.05) is 18.5 Å². The van der Waals surface area contributed by atoms with Crippen LogP contribution in [-0.2, 0) is 30.4 Å². The number of rotatable bonds is 18. The van der Waals surface area contributed by atoms with Gasteiger partial charge in [0.05, 0.1) is 28.4 Å². The Labute approximate surface area is 383 Å². The number of hydrogen-bond donors (Lipinski definition) is 6. The first-order chi connectivity index (χ1) is 31.1. The maximum absolute atomic E-state index is 13.5. The van der Waals surface area contributed by atoms with Crippen LogP contribution in [0.4, 0.5) is 17.1 Å². The number of fused-ring (bicyclic) bond motifs is 2. The van der Waals surface area contributed by atoms with Crippen molar-refractivity contribution >= 4 is 70.7 Å². The summed E-state index contributed by atoms with van der Waals surface area (Å²) >= 11 is 0. The van der Waals surface area contributed by atoms with Crippen LogP contribution in [-0.4, -0.2) is 61.1 Å². The first-order valence-electron chi connectivity index (χ1n) is 21.2. The van der Waals surface area contributed by atoms with Gasteiger partial charge < -0.3 is 30.3 Å². The number of carbonyl (C=O) groups is 2. The number of aromatic hydroxyl groups is 2. The molecule has 348 valence electrons. The smallest absolute Gasteiger partial charge is 0.296 e. The Morgan fingerprint density at radius 1 is 0.803 bits per heavy atom. The van der Waals surface area contributed by atoms with Crippen LogP contribution in [0.1, 0.15) is 94.6 Å². The number of phenols is 2. The topological polar surface area (TPSA) is 251 Å². The molecule has 0 radical (unpaired) electrons. The van der Waals surface area contributed by atoms with E-state index in [4.69, 9.17) is 9.47 Å². The molecule has 6 aromatic carbocycles. The van der Waals surface area contributed by atoms with E-state index in [1.807, 2.05) is 0 Å². The molecular weight excluding hydrogens is 889 g/mol. The summed E-state index contributed by atoms with van der Waals surface area (Å²) in [6, 6.07) is 23.1. The Bertz CT molecular complexity index is 3080. The number of hydrogen-bond acceptors (Lipinski definition) is 12. The highest BCUT2D eigenvalue weighted by Gasteiger charge is 2.27. The Morgan fingerprint density at radius 2 is 1.50 bits per heavy atom. The highest BCUT2D eigenvalue weighted by atomic mass is 32.2. The largest absolute Gasteiger partial charge is 0.506 e. The van der Waals surface area contributed by atoms with Crippen LogP contribution in [0.15, 0.2) is 111 Å². The van der Waals surface area contributed by atoms with Gasteiger partial charge >= 0.3 is 0 Å². The number of nitrogens with zero attached hydrogens (tertiary/aromatic N) is 2. The molecule has 0 heterocycles. The molecule has 0 bridgehead atoms. The molecule has 0 aliphatic carbocycles. The molecule has 0 saturated heterocycles. The Kier molecular flexibility index (Phi) is 14.7. The van der Waals surface area contributed by atoms with Gasteiger partial charge in [-0.25, -0.2) is 0 Å². The van der Waals surface area contributed by atoms with Crippen molar-refractivity contribution in [1.82, 2.24) is 5.32 Å². The van der Waals surface area contributed by atoms with Gasteiger partial charge in [0.1, 0.15) is 33.6 Å². The third kappa shape index (κ3) is 11.1. The van der Waals surface area contributed by atoms with Crippen LogP contribution >= 0.6 is 0 Å². The lowest BCUT2D eigenvalue weighted by atomic mass is 9.80. The number of nitrogens with one attached hydrogen (secondary N) is 2. The molecule has 1 unspecified atom stereocenters. The van der Waals surface area contributed by atoms with E-state index in [1.165, 1.54) is 41.5 Å². The van der Waals surface area contributed by atoms with Crippen molar-refractivity contribution in [3.63, 3.8) is 0 Å². The number of amides is 2. The Morgan fingerprint density at radius 3 is 2.14 bits per heavy atom. The van der Waals surface area contributed by atoms with Gasteiger partial charge in [-0.3, -0.25) is 18.7 Å². The summed E-state index contributed by atoms with van der Waals surface area (Å²) in [4.78, 5) is 23.8. The second-order valence-electron chi connectivity index (χ2n) is 16.5. The van der Waals surface area contributed by atoms with Crippen LogP contribution in [0.5, 0.6) is 28.7 Å². The third-order valence-electron chi connectivity index (χ3n) is 11.5. The van der Waals surface area contributed by atoms with Crippen LogP contribution in [0.2, 0.25) is 0 Å². The minimum absolute atomic E-state index is 0.00101. The van der Waals surface area contributed by atoms with E-state index in [0.29, 0.717) is 42.7 Å². The fourth-order valence-corrected chi connectivity index (χ4v) is 8.43. The molecule has 0 spiro atoms. The Balaban J connectivity index is 1.18. The zero-order chi connectivity index (χ0) is 48.1. The maximum atomic E-state index is 13.5. The van der Waals surface area contributed by atoms with E-state index in [1.54, 1.807) is 24.3 Å². The minimum atomic E-state index is -5.12. The number of unbranched alkanes of at least 4 members (excludes halogenated alkanes) is 1. The lowest BCUT2D eigenvalue weighted by molar-refractivity contribution is -0.114. The number of carbonyl (C=O) groups excluding carboxylic acids is 2. The highest BCUT2D eigenvalue weighted by molar-refractivity contribution is 7.86. The van der Waals surface area contributed by atoms with Gasteiger partial charge in [0.15, 0.2) is 5.75 Å². The average Bonchev–Trinajstić information content (AvgIpc) is 3.27. The lowest BCUT2D eigenvalue weighted by Crippen LogP contribution is -2.25. The van der Waals surface area contributed by atoms with E-state index < -0.39 is 53.3 Å². The first-order valence-corrected chi connectivity index (χ1v) is 24.1. The number of ether oxygens (including phenoxy) is 2. The van der Waals surface area contributed by atoms with E-state index >= 15 is 0 Å². The lowest BCUT2D eigenvalue weighted by Gasteiger charge is -2.27. The molecule has 2 amide bonds. The third-order valence-corrected chi connectivity index (χ3v) is 13.2. The molecule has 0 aliphatic heterocycles. The molecule has 0 aromatic heterocycles. The van der Waals surface area contributed by atoms with Gasteiger partial charge in [-0.15, -0.1) is 5.11 Å². The van der Waals surface area contributed by atoms with Gasteiger partial charge in [0, 0.05) is 35.2 Å². The molecular formula is C48H52N4O12S2. The van der Waals surface area contributed by atoms with E-state index in [-0.39, 0.29) is 50.4 Å². The summed E-state index contributed by atoms with van der Waals surface area (Å²) in [7, 11) is -9.99. The fraction of sp³-hybridized carbons (Fsp3) is 0.292. The van der Waals surface area contributed by atoms with Gasteiger partial charge in [-0.2, -0.15) is 21.9 Å². The van der Waals surface area contributed by atoms with Crippen LogP contribution in [0, 0.1) is 0 Å².